The van der Waals surface area contributed by atoms with E-state index in [1.165, 1.54) is 6.20 Å². The van der Waals surface area contributed by atoms with Crippen molar-refractivity contribution in [2.75, 3.05) is 18.0 Å². The number of anilines is 1. The molecule has 0 amide bonds. The summed E-state index contributed by atoms with van der Waals surface area (Å²) in [5.41, 5.74) is -0.874. The predicted molar refractivity (Wildman–Crippen MR) is 57.6 cm³/mol. The lowest BCUT2D eigenvalue weighted by Crippen LogP contribution is -2.35. The fraction of sp³-hybridized carbons (Fsp3) is 0.636. The Bertz CT molecular complexity index is 392. The van der Waals surface area contributed by atoms with Crippen LogP contribution < -0.4 is 4.90 Å². The molecule has 3 nitrogen and oxygen atoms in total. The highest BCUT2D eigenvalue weighted by Gasteiger charge is 2.33. The maximum atomic E-state index is 12.5. The van der Waals surface area contributed by atoms with Crippen LogP contribution in [0.15, 0.2) is 12.3 Å². The van der Waals surface area contributed by atoms with Gasteiger partial charge in [-0.25, -0.2) is 9.97 Å². The minimum absolute atomic E-state index is 0.186. The molecule has 2 rings (SSSR count). The number of piperidine rings is 1. The zero-order chi connectivity index (χ0) is 12.5. The van der Waals surface area contributed by atoms with Crippen LogP contribution in [0.2, 0.25) is 0 Å². The van der Waals surface area contributed by atoms with E-state index in [0.29, 0.717) is 5.92 Å². The van der Waals surface area contributed by atoms with Gasteiger partial charge in [0.1, 0.15) is 5.69 Å². The molecule has 0 aromatic carbocycles. The van der Waals surface area contributed by atoms with Gasteiger partial charge in [0, 0.05) is 19.3 Å². The zero-order valence-electron chi connectivity index (χ0n) is 9.54. The first-order valence-electron chi connectivity index (χ1n) is 5.62. The zero-order valence-corrected chi connectivity index (χ0v) is 9.54. The SMILES string of the molecule is CC1CCCN(c2nccc(C(F)(F)F)n2)C1. The molecule has 1 atom stereocenters. The molecule has 17 heavy (non-hydrogen) atoms. The fourth-order valence-corrected chi connectivity index (χ4v) is 2.03. The lowest BCUT2D eigenvalue weighted by Gasteiger charge is -2.31. The summed E-state index contributed by atoms with van der Waals surface area (Å²) >= 11 is 0. The highest BCUT2D eigenvalue weighted by molar-refractivity contribution is 5.31. The standard InChI is InChI=1S/C11H14F3N3/c1-8-3-2-6-17(7-8)10-15-5-4-9(16-10)11(12,13)14/h4-5,8H,2-3,6-7H2,1H3. The maximum absolute atomic E-state index is 12.5. The fourth-order valence-electron chi connectivity index (χ4n) is 2.03. The van der Waals surface area contributed by atoms with Crippen molar-refractivity contribution in [1.82, 2.24) is 9.97 Å². The van der Waals surface area contributed by atoms with Crippen LogP contribution in [0.5, 0.6) is 0 Å². The minimum atomic E-state index is -4.40. The van der Waals surface area contributed by atoms with Crippen LogP contribution in [0.25, 0.3) is 0 Å². The first-order valence-corrected chi connectivity index (χ1v) is 5.62. The average Bonchev–Trinajstić information content (AvgIpc) is 2.28. The lowest BCUT2D eigenvalue weighted by atomic mass is 10.0. The monoisotopic (exact) mass is 245 g/mol. The summed E-state index contributed by atoms with van der Waals surface area (Å²) in [4.78, 5) is 9.34. The third-order valence-electron chi connectivity index (χ3n) is 2.87. The Hall–Kier alpha value is -1.33. The average molecular weight is 245 g/mol. The Balaban J connectivity index is 2.21. The quantitative estimate of drug-likeness (QED) is 0.761. The van der Waals surface area contributed by atoms with Crippen LogP contribution in [0, 0.1) is 5.92 Å². The topological polar surface area (TPSA) is 29.0 Å². The third kappa shape index (κ3) is 2.87. The summed E-state index contributed by atoms with van der Waals surface area (Å²) in [5, 5.41) is 0. The second-order valence-corrected chi connectivity index (χ2v) is 4.43. The van der Waals surface area contributed by atoms with Gasteiger partial charge in [-0.3, -0.25) is 0 Å². The number of nitrogens with zero attached hydrogens (tertiary/aromatic N) is 3. The molecule has 0 saturated carbocycles. The van der Waals surface area contributed by atoms with E-state index >= 15 is 0 Å². The molecule has 1 aliphatic heterocycles. The summed E-state index contributed by atoms with van der Waals surface area (Å²) < 4.78 is 37.5. The summed E-state index contributed by atoms with van der Waals surface area (Å²) in [6, 6.07) is 0.900. The van der Waals surface area contributed by atoms with Gasteiger partial charge < -0.3 is 4.90 Å². The first-order chi connectivity index (χ1) is 7.97. The van der Waals surface area contributed by atoms with Crippen LogP contribution in [0.4, 0.5) is 19.1 Å². The van der Waals surface area contributed by atoms with E-state index in [9.17, 15) is 13.2 Å². The largest absolute Gasteiger partial charge is 0.433 e. The van der Waals surface area contributed by atoms with Crippen molar-refractivity contribution in [2.24, 2.45) is 5.92 Å². The molecule has 1 unspecified atom stereocenters. The second-order valence-electron chi connectivity index (χ2n) is 4.43. The van der Waals surface area contributed by atoms with E-state index in [1.807, 2.05) is 4.90 Å². The van der Waals surface area contributed by atoms with Crippen molar-refractivity contribution in [3.8, 4) is 0 Å². The predicted octanol–water partition coefficient (Wildman–Crippen LogP) is 2.73. The van der Waals surface area contributed by atoms with Gasteiger partial charge in [0.15, 0.2) is 0 Å². The van der Waals surface area contributed by atoms with Gasteiger partial charge in [-0.2, -0.15) is 13.2 Å². The number of hydrogen-bond donors (Lipinski definition) is 0. The van der Waals surface area contributed by atoms with Crippen LogP contribution in [0.3, 0.4) is 0 Å². The smallest absolute Gasteiger partial charge is 0.341 e. The summed E-state index contributed by atoms with van der Waals surface area (Å²) in [7, 11) is 0. The normalized spacial score (nSPS) is 21.6. The van der Waals surface area contributed by atoms with Crippen LogP contribution in [-0.4, -0.2) is 23.1 Å². The number of rotatable bonds is 1. The van der Waals surface area contributed by atoms with Crippen LogP contribution in [0.1, 0.15) is 25.5 Å². The van der Waals surface area contributed by atoms with E-state index in [0.717, 1.165) is 32.0 Å². The summed E-state index contributed by atoms with van der Waals surface area (Å²) in [6.07, 6.45) is -1.15. The third-order valence-corrected chi connectivity index (χ3v) is 2.87. The van der Waals surface area contributed by atoms with Crippen molar-refractivity contribution in [1.29, 1.82) is 0 Å². The van der Waals surface area contributed by atoms with Gasteiger partial charge in [-0.1, -0.05) is 6.92 Å². The van der Waals surface area contributed by atoms with Crippen LogP contribution in [-0.2, 0) is 6.18 Å². The molecular weight excluding hydrogens is 231 g/mol. The van der Waals surface area contributed by atoms with Crippen molar-refractivity contribution in [3.63, 3.8) is 0 Å². The summed E-state index contributed by atoms with van der Waals surface area (Å²) in [6.45, 7) is 3.53. The molecule has 0 spiro atoms. The van der Waals surface area contributed by atoms with E-state index in [1.54, 1.807) is 0 Å². The molecule has 1 saturated heterocycles. The molecule has 0 N–H and O–H groups in total. The molecule has 6 heteroatoms. The van der Waals surface area contributed by atoms with Gasteiger partial charge in [-0.05, 0) is 24.8 Å². The maximum Gasteiger partial charge on any atom is 0.433 e. The molecule has 0 bridgehead atoms. The van der Waals surface area contributed by atoms with Crippen molar-refractivity contribution < 1.29 is 13.2 Å². The van der Waals surface area contributed by atoms with Gasteiger partial charge in [0.05, 0.1) is 0 Å². The molecule has 0 aliphatic carbocycles. The van der Waals surface area contributed by atoms with Gasteiger partial charge >= 0.3 is 6.18 Å². The molecule has 94 valence electrons. The Labute approximate surface area is 97.7 Å². The Morgan fingerprint density at radius 2 is 2.18 bits per heavy atom. The Morgan fingerprint density at radius 3 is 2.82 bits per heavy atom. The molecule has 1 aliphatic rings. The van der Waals surface area contributed by atoms with Crippen molar-refractivity contribution >= 4 is 5.95 Å². The highest BCUT2D eigenvalue weighted by Crippen LogP contribution is 2.28. The minimum Gasteiger partial charge on any atom is -0.341 e. The number of alkyl halides is 3. The summed E-state index contributed by atoms with van der Waals surface area (Å²) in [5.74, 6) is 0.660. The number of aromatic nitrogens is 2. The second kappa shape index (κ2) is 4.50. The van der Waals surface area contributed by atoms with Crippen molar-refractivity contribution in [3.05, 3.63) is 18.0 Å². The van der Waals surface area contributed by atoms with Gasteiger partial charge in [-0.15, -0.1) is 0 Å². The van der Waals surface area contributed by atoms with E-state index in [2.05, 4.69) is 16.9 Å². The number of hydrogen-bond acceptors (Lipinski definition) is 3. The van der Waals surface area contributed by atoms with Crippen LogP contribution >= 0.6 is 0 Å². The Morgan fingerprint density at radius 1 is 1.41 bits per heavy atom. The highest BCUT2D eigenvalue weighted by atomic mass is 19.4. The molecule has 0 radical (unpaired) electrons. The molecule has 1 aromatic heterocycles. The molecule has 1 aromatic rings. The van der Waals surface area contributed by atoms with E-state index in [4.69, 9.17) is 0 Å². The number of halogens is 3. The molecular formula is C11H14F3N3. The van der Waals surface area contributed by atoms with Gasteiger partial charge in [0.2, 0.25) is 5.95 Å². The van der Waals surface area contributed by atoms with Gasteiger partial charge in [0.25, 0.3) is 0 Å². The first kappa shape index (κ1) is 12.1. The Kier molecular flexibility index (Phi) is 3.22. The molecule has 2 heterocycles. The van der Waals surface area contributed by atoms with Crippen molar-refractivity contribution in [2.45, 2.75) is 25.9 Å². The molecule has 1 fully saturated rings. The van der Waals surface area contributed by atoms with E-state index < -0.39 is 11.9 Å². The van der Waals surface area contributed by atoms with E-state index in [-0.39, 0.29) is 5.95 Å². The lowest BCUT2D eigenvalue weighted by molar-refractivity contribution is -0.141.